The third kappa shape index (κ3) is 4.53. The molecule has 0 N–H and O–H groups in total. The second-order valence-electron chi connectivity index (χ2n) is 7.12. The van der Waals surface area contributed by atoms with Crippen molar-refractivity contribution in [1.29, 1.82) is 0 Å². The number of benzene rings is 3. The molecule has 0 bridgehead atoms. The van der Waals surface area contributed by atoms with Gasteiger partial charge in [0.15, 0.2) is 35.3 Å². The predicted octanol–water partition coefficient (Wildman–Crippen LogP) is 2.60. The molecule has 0 heterocycles. The van der Waals surface area contributed by atoms with E-state index in [-0.39, 0.29) is 0 Å². The molecule has 3 aromatic carbocycles. The maximum absolute atomic E-state index is 14.2. The van der Waals surface area contributed by atoms with Crippen molar-refractivity contribution in [3.05, 3.63) is 94.9 Å². The zero-order valence-corrected chi connectivity index (χ0v) is 20.3. The number of rotatable bonds is 5. The summed E-state index contributed by atoms with van der Waals surface area (Å²) in [5, 5.41) is 0. The van der Waals surface area contributed by atoms with E-state index in [1.54, 1.807) is 50.2 Å². The van der Waals surface area contributed by atoms with Gasteiger partial charge in [-0.3, -0.25) is 0 Å². The smallest absolute Gasteiger partial charge is 0.202 e. The molecule has 0 spiro atoms. The molecule has 0 amide bonds. The number of aryl methyl sites for hydroxylation is 4. The quantitative estimate of drug-likeness (QED) is 0.201. The van der Waals surface area contributed by atoms with Crippen molar-refractivity contribution in [2.45, 2.75) is 32.6 Å². The van der Waals surface area contributed by atoms with Crippen LogP contribution in [0.1, 0.15) is 22.3 Å². The van der Waals surface area contributed by atoms with Crippen LogP contribution in [-0.4, -0.2) is 8.42 Å². The fourth-order valence-corrected chi connectivity index (χ4v) is 10.2. The van der Waals surface area contributed by atoms with Crippen LogP contribution in [0.5, 0.6) is 0 Å². The van der Waals surface area contributed by atoms with Gasteiger partial charge in [-0.2, -0.15) is 8.42 Å². The minimum atomic E-state index is -5.35. The van der Waals surface area contributed by atoms with Crippen LogP contribution in [0.3, 0.4) is 0 Å². The van der Waals surface area contributed by atoms with Gasteiger partial charge in [-0.1, -0.05) is 12.1 Å². The van der Waals surface area contributed by atoms with Crippen LogP contribution in [0.4, 0.5) is 22.0 Å². The van der Waals surface area contributed by atoms with Crippen LogP contribution in [0.25, 0.3) is 0 Å². The Morgan fingerprint density at radius 2 is 1.00 bits per heavy atom. The highest BCUT2D eigenvalue weighted by Gasteiger charge is 2.43. The summed E-state index contributed by atoms with van der Waals surface area (Å²) < 4.78 is 101. The van der Waals surface area contributed by atoms with Gasteiger partial charge in [0, 0.05) is 0 Å². The molecule has 0 unspecified atom stereocenters. The Morgan fingerprint density at radius 1 is 0.625 bits per heavy atom. The van der Waals surface area contributed by atoms with E-state index in [1.165, 1.54) is 0 Å². The molecule has 10 heteroatoms. The molecule has 171 valence electrons. The Hall–Kier alpha value is -2.05. The normalized spacial score (nSPS) is 11.9. The minimum Gasteiger partial charge on any atom is -0.202 e. The molecule has 32 heavy (non-hydrogen) atoms. The summed E-state index contributed by atoms with van der Waals surface area (Å²) in [7, 11) is -5.35. The van der Waals surface area contributed by atoms with Crippen LogP contribution in [0, 0.1) is 63.9 Å². The van der Waals surface area contributed by atoms with Gasteiger partial charge in [0.05, 0.1) is 0 Å². The van der Waals surface area contributed by atoms with Crippen molar-refractivity contribution >= 4 is 10.1 Å². The van der Waals surface area contributed by atoms with Crippen molar-refractivity contribution in [2.75, 3.05) is 0 Å². The number of halogens is 6. The Labute approximate surface area is 190 Å². The lowest BCUT2D eigenvalue weighted by Crippen LogP contribution is -3.85. The average molecular weight is 584 g/mol. The molecule has 0 saturated heterocycles. The highest BCUT2D eigenvalue weighted by Crippen LogP contribution is 2.27. The van der Waals surface area contributed by atoms with Gasteiger partial charge in [0.25, 0.3) is 0 Å². The average Bonchev–Trinajstić information content (AvgIpc) is 2.73. The van der Waals surface area contributed by atoms with Crippen LogP contribution in [0.2, 0.25) is 0 Å². The standard InChI is InChI=1S/C22H18F5IO3S/c1-11-5-7-15(9-13(11)3)28(16-8-6-12(2)14(4)10-16)31-32(29,30)22-20(26)18(24)17(23)19(25)21(22)27/h5-10H,1-4H3/q+1. The molecule has 0 aliphatic rings. The lowest BCUT2D eigenvalue weighted by atomic mass is 10.1. The molecule has 1 radical (unpaired) electrons. The Bertz CT molecular complexity index is 1250. The van der Waals surface area contributed by atoms with E-state index in [1.807, 2.05) is 13.8 Å². The van der Waals surface area contributed by atoms with Gasteiger partial charge in [-0.25, -0.2) is 22.0 Å². The molecule has 0 aliphatic carbocycles. The SMILES string of the molecule is Cc1ccc([I+](OS(=O)(=O)c2c(F)c(F)c(F)c(F)c2F)c2ccc(C)c(C)c2)cc1C. The highest BCUT2D eigenvalue weighted by molar-refractivity contribution is 7.86. The topological polar surface area (TPSA) is 43.4 Å². The summed E-state index contributed by atoms with van der Waals surface area (Å²) in [6.45, 7) is 7.29. The zero-order chi connectivity index (χ0) is 24.0. The van der Waals surface area contributed by atoms with Crippen molar-refractivity contribution in [3.8, 4) is 0 Å². The fraction of sp³-hybridized carbons (Fsp3) is 0.182. The zero-order valence-electron chi connectivity index (χ0n) is 17.4. The lowest BCUT2D eigenvalue weighted by Gasteiger charge is -2.11. The predicted molar refractivity (Wildman–Crippen MR) is 104 cm³/mol. The maximum atomic E-state index is 14.2. The number of hydrogen-bond acceptors (Lipinski definition) is 3. The van der Waals surface area contributed by atoms with E-state index in [9.17, 15) is 30.4 Å². The molecular formula is C22H18F5IO3S+. The van der Waals surface area contributed by atoms with E-state index in [0.29, 0.717) is 7.14 Å². The van der Waals surface area contributed by atoms with Crippen molar-refractivity contribution < 1.29 is 53.1 Å². The van der Waals surface area contributed by atoms with Gasteiger partial charge >= 0.3 is 30.4 Å². The van der Waals surface area contributed by atoms with Crippen molar-refractivity contribution in [3.63, 3.8) is 0 Å². The van der Waals surface area contributed by atoms with Gasteiger partial charge in [-0.05, 0) is 76.7 Å². The summed E-state index contributed by atoms with van der Waals surface area (Å²) in [6, 6.07) is 10.1. The molecule has 3 aromatic rings. The van der Waals surface area contributed by atoms with Gasteiger partial charge in [0.1, 0.15) is 0 Å². The van der Waals surface area contributed by atoms with Crippen LogP contribution >= 0.6 is 0 Å². The summed E-state index contributed by atoms with van der Waals surface area (Å²) >= 11 is -3.42. The largest absolute Gasteiger partial charge is 0.342 e. The molecule has 0 saturated carbocycles. The fourth-order valence-electron chi connectivity index (χ4n) is 2.74. The first-order valence-corrected chi connectivity index (χ1v) is 13.6. The Balaban J connectivity index is 2.21. The summed E-state index contributed by atoms with van der Waals surface area (Å²) in [4.78, 5) is -2.00. The van der Waals surface area contributed by atoms with Gasteiger partial charge in [0.2, 0.25) is 5.82 Å². The molecule has 3 nitrogen and oxygen atoms in total. The molecular weight excluding hydrogens is 566 g/mol. The third-order valence-corrected chi connectivity index (χ3v) is 12.2. The van der Waals surface area contributed by atoms with E-state index >= 15 is 0 Å². The second kappa shape index (κ2) is 9.06. The first-order chi connectivity index (χ1) is 14.8. The number of hydrogen-bond donors (Lipinski definition) is 0. The van der Waals surface area contributed by atoms with E-state index in [2.05, 4.69) is 0 Å². The van der Waals surface area contributed by atoms with Crippen molar-refractivity contribution in [2.24, 2.45) is 0 Å². The van der Waals surface area contributed by atoms with E-state index < -0.39 is 64.3 Å². The van der Waals surface area contributed by atoms with Gasteiger partial charge < -0.3 is 0 Å². The molecule has 0 aromatic heterocycles. The molecule has 0 atom stereocenters. The molecule has 0 aliphatic heterocycles. The van der Waals surface area contributed by atoms with E-state index in [4.69, 9.17) is 2.51 Å². The van der Waals surface area contributed by atoms with E-state index in [0.717, 1.165) is 22.3 Å². The summed E-state index contributed by atoms with van der Waals surface area (Å²) in [5.74, 6) is -12.1. The summed E-state index contributed by atoms with van der Waals surface area (Å²) in [5.41, 5.74) is 3.50. The monoisotopic (exact) mass is 584 g/mol. The van der Waals surface area contributed by atoms with Crippen molar-refractivity contribution in [1.82, 2.24) is 0 Å². The van der Waals surface area contributed by atoms with Crippen LogP contribution in [-0.2, 0) is 12.6 Å². The lowest BCUT2D eigenvalue weighted by molar-refractivity contribution is -1.03. The van der Waals surface area contributed by atoms with Gasteiger partial charge in [-0.15, -0.1) is 0 Å². The van der Waals surface area contributed by atoms with Crippen LogP contribution in [0.15, 0.2) is 41.3 Å². The van der Waals surface area contributed by atoms with Crippen LogP contribution < -0.4 is 20.2 Å². The first kappa shape index (κ1) is 24.6. The highest BCUT2D eigenvalue weighted by atomic mass is 127. The Kier molecular flexibility index (Phi) is 6.97. The molecule has 3 rings (SSSR count). The first-order valence-electron chi connectivity index (χ1n) is 9.16. The third-order valence-electron chi connectivity index (χ3n) is 4.90. The minimum absolute atomic E-state index is 0.480. The Morgan fingerprint density at radius 3 is 1.38 bits per heavy atom. The summed E-state index contributed by atoms with van der Waals surface area (Å²) in [6.07, 6.45) is 0. The molecule has 0 fully saturated rings. The second-order valence-corrected chi connectivity index (χ2v) is 13.6. The maximum Gasteiger partial charge on any atom is 0.342 e.